The van der Waals surface area contributed by atoms with Crippen LogP contribution < -0.4 is 0 Å². The van der Waals surface area contributed by atoms with Gasteiger partial charge in [-0.05, 0) is 31.5 Å². The van der Waals surface area contributed by atoms with Gasteiger partial charge in [-0.15, -0.1) is 0 Å². The van der Waals surface area contributed by atoms with E-state index in [4.69, 9.17) is 9.72 Å². The lowest BCUT2D eigenvalue weighted by Gasteiger charge is -2.31. The molecule has 1 aromatic carbocycles. The molecule has 9 heteroatoms. The molecule has 0 radical (unpaired) electrons. The van der Waals surface area contributed by atoms with Crippen molar-refractivity contribution in [3.8, 4) is 0 Å². The van der Waals surface area contributed by atoms with Gasteiger partial charge in [-0.1, -0.05) is 19.1 Å². The SMILES string of the molecule is CCS(=O)(=O)c1ncc(CN2CCCC(c3nc4ccccc4[nH]3)C2)n1CCOC. The normalized spacial score (nSPS) is 18.3. The summed E-state index contributed by atoms with van der Waals surface area (Å²) in [7, 11) is -1.77. The molecule has 3 aromatic rings. The minimum atomic E-state index is -3.39. The number of hydrogen-bond acceptors (Lipinski definition) is 6. The lowest BCUT2D eigenvalue weighted by atomic mass is 9.97. The van der Waals surface area contributed by atoms with Crippen LogP contribution in [0.25, 0.3) is 11.0 Å². The number of benzene rings is 1. The number of fused-ring (bicyclic) bond motifs is 1. The molecule has 4 rings (SSSR count). The highest BCUT2D eigenvalue weighted by Gasteiger charge is 2.27. The zero-order valence-corrected chi connectivity index (χ0v) is 18.4. The number of imidazole rings is 2. The highest BCUT2D eigenvalue weighted by atomic mass is 32.2. The first kappa shape index (κ1) is 21.0. The molecule has 1 N–H and O–H groups in total. The molecule has 162 valence electrons. The largest absolute Gasteiger partial charge is 0.383 e. The monoisotopic (exact) mass is 431 g/mol. The molecule has 1 saturated heterocycles. The van der Waals surface area contributed by atoms with E-state index in [1.54, 1.807) is 24.8 Å². The van der Waals surface area contributed by atoms with Crippen LogP contribution in [0, 0.1) is 0 Å². The number of likely N-dealkylation sites (tertiary alicyclic amines) is 1. The number of sulfone groups is 1. The summed E-state index contributed by atoms with van der Waals surface area (Å²) < 4.78 is 31.9. The van der Waals surface area contributed by atoms with Crippen LogP contribution in [0.1, 0.15) is 37.2 Å². The van der Waals surface area contributed by atoms with E-state index in [9.17, 15) is 8.42 Å². The maximum absolute atomic E-state index is 12.5. The highest BCUT2D eigenvalue weighted by molar-refractivity contribution is 7.91. The van der Waals surface area contributed by atoms with Crippen molar-refractivity contribution < 1.29 is 13.2 Å². The average molecular weight is 432 g/mol. The number of methoxy groups -OCH3 is 1. The van der Waals surface area contributed by atoms with Gasteiger partial charge in [0.05, 0.1) is 35.3 Å². The number of aromatic amines is 1. The standard InChI is InChI=1S/C21H29N5O3S/c1-3-30(27,28)21-22-13-17(26(21)11-12-29-2)15-25-10-6-7-16(14-25)20-23-18-8-4-5-9-19(18)24-20/h4-5,8-9,13,16H,3,6-7,10-12,14-15H2,1-2H3,(H,23,24). The van der Waals surface area contributed by atoms with Crippen molar-refractivity contribution in [2.75, 3.05) is 32.6 Å². The fourth-order valence-corrected chi connectivity index (χ4v) is 5.15. The molecule has 0 amide bonds. The van der Waals surface area contributed by atoms with Crippen molar-refractivity contribution in [3.63, 3.8) is 0 Å². The maximum Gasteiger partial charge on any atom is 0.227 e. The Morgan fingerprint density at radius 2 is 2.13 bits per heavy atom. The van der Waals surface area contributed by atoms with Gasteiger partial charge in [-0.25, -0.2) is 18.4 Å². The number of nitrogens with one attached hydrogen (secondary N) is 1. The Bertz CT molecular complexity index is 1070. The smallest absolute Gasteiger partial charge is 0.227 e. The van der Waals surface area contributed by atoms with Crippen LogP contribution >= 0.6 is 0 Å². The van der Waals surface area contributed by atoms with Crippen molar-refractivity contribution in [2.45, 2.75) is 43.9 Å². The molecule has 1 aliphatic heterocycles. The van der Waals surface area contributed by atoms with Crippen molar-refractivity contribution in [1.82, 2.24) is 24.4 Å². The van der Waals surface area contributed by atoms with Crippen LogP contribution in [-0.2, 0) is 27.7 Å². The molecule has 0 bridgehead atoms. The summed E-state index contributed by atoms with van der Waals surface area (Å²) in [5.74, 6) is 1.40. The molecule has 0 aliphatic carbocycles. The second-order valence-electron chi connectivity index (χ2n) is 7.79. The molecule has 1 unspecified atom stereocenters. The molecular formula is C21H29N5O3S. The van der Waals surface area contributed by atoms with Gasteiger partial charge in [0.1, 0.15) is 5.82 Å². The summed E-state index contributed by atoms with van der Waals surface area (Å²) in [5, 5.41) is 0.142. The van der Waals surface area contributed by atoms with E-state index in [1.807, 2.05) is 18.2 Å². The predicted molar refractivity (Wildman–Crippen MR) is 115 cm³/mol. The quantitative estimate of drug-likeness (QED) is 0.589. The summed E-state index contributed by atoms with van der Waals surface area (Å²) in [6, 6.07) is 8.10. The Labute approximate surface area is 177 Å². The number of para-hydroxylation sites is 2. The number of hydrogen-bond donors (Lipinski definition) is 1. The summed E-state index contributed by atoms with van der Waals surface area (Å²) in [4.78, 5) is 14.9. The average Bonchev–Trinajstić information content (AvgIpc) is 3.37. The van der Waals surface area contributed by atoms with Gasteiger partial charge in [-0.3, -0.25) is 4.90 Å². The summed E-state index contributed by atoms with van der Waals surface area (Å²) in [5.41, 5.74) is 2.97. The van der Waals surface area contributed by atoms with Crippen molar-refractivity contribution >= 4 is 20.9 Å². The van der Waals surface area contributed by atoms with Gasteiger partial charge >= 0.3 is 0 Å². The Balaban J connectivity index is 1.53. The molecule has 0 spiro atoms. The summed E-state index contributed by atoms with van der Waals surface area (Å²) >= 11 is 0. The second-order valence-corrected chi connectivity index (χ2v) is 9.97. The fraction of sp³-hybridized carbons (Fsp3) is 0.524. The van der Waals surface area contributed by atoms with Crippen molar-refractivity contribution in [2.24, 2.45) is 0 Å². The van der Waals surface area contributed by atoms with Crippen LogP contribution in [0.2, 0.25) is 0 Å². The van der Waals surface area contributed by atoms with E-state index in [0.29, 0.717) is 25.6 Å². The predicted octanol–water partition coefficient (Wildman–Crippen LogP) is 2.58. The lowest BCUT2D eigenvalue weighted by molar-refractivity contribution is 0.174. The van der Waals surface area contributed by atoms with Crippen LogP contribution in [0.15, 0.2) is 35.6 Å². The van der Waals surface area contributed by atoms with E-state index in [-0.39, 0.29) is 10.9 Å². The van der Waals surface area contributed by atoms with Crippen molar-refractivity contribution in [1.29, 1.82) is 0 Å². The maximum atomic E-state index is 12.5. The molecular weight excluding hydrogens is 402 g/mol. The highest BCUT2D eigenvalue weighted by Crippen LogP contribution is 2.28. The van der Waals surface area contributed by atoms with Gasteiger partial charge in [0.25, 0.3) is 0 Å². The van der Waals surface area contributed by atoms with E-state index in [2.05, 4.69) is 20.9 Å². The molecule has 1 atom stereocenters. The summed E-state index contributed by atoms with van der Waals surface area (Å²) in [6.07, 6.45) is 3.87. The number of rotatable bonds is 8. The zero-order chi connectivity index (χ0) is 21.1. The Kier molecular flexibility index (Phi) is 6.21. The van der Waals surface area contributed by atoms with Crippen LogP contribution in [-0.4, -0.2) is 65.4 Å². The third kappa shape index (κ3) is 4.28. The number of piperidine rings is 1. The van der Waals surface area contributed by atoms with Crippen molar-refractivity contribution in [3.05, 3.63) is 42.0 Å². The molecule has 0 saturated carbocycles. The summed E-state index contributed by atoms with van der Waals surface area (Å²) in [6.45, 7) is 5.07. The molecule has 8 nitrogen and oxygen atoms in total. The van der Waals surface area contributed by atoms with E-state index in [0.717, 1.165) is 48.5 Å². The Hall–Kier alpha value is -2.23. The van der Waals surface area contributed by atoms with Gasteiger partial charge in [0.15, 0.2) is 0 Å². The fourth-order valence-electron chi connectivity index (χ4n) is 4.13. The van der Waals surface area contributed by atoms with Gasteiger partial charge < -0.3 is 14.3 Å². The molecule has 1 aliphatic rings. The third-order valence-corrected chi connectivity index (χ3v) is 7.41. The first-order chi connectivity index (χ1) is 14.5. The van der Waals surface area contributed by atoms with Gasteiger partial charge in [0.2, 0.25) is 15.0 Å². The van der Waals surface area contributed by atoms with Crippen LogP contribution in [0.4, 0.5) is 0 Å². The van der Waals surface area contributed by atoms with Gasteiger partial charge in [0, 0.05) is 32.7 Å². The van der Waals surface area contributed by atoms with E-state index < -0.39 is 9.84 Å². The van der Waals surface area contributed by atoms with E-state index >= 15 is 0 Å². The number of aromatic nitrogens is 4. The van der Waals surface area contributed by atoms with E-state index in [1.165, 1.54) is 0 Å². The third-order valence-electron chi connectivity index (χ3n) is 5.76. The first-order valence-corrected chi connectivity index (χ1v) is 12.1. The molecule has 1 fully saturated rings. The Morgan fingerprint density at radius 1 is 1.30 bits per heavy atom. The molecule has 3 heterocycles. The minimum absolute atomic E-state index is 0.0360. The number of ether oxygens (including phenoxy) is 1. The topological polar surface area (TPSA) is 93.1 Å². The first-order valence-electron chi connectivity index (χ1n) is 10.4. The zero-order valence-electron chi connectivity index (χ0n) is 17.5. The lowest BCUT2D eigenvalue weighted by Crippen LogP contribution is -2.35. The molecule has 30 heavy (non-hydrogen) atoms. The number of nitrogens with zero attached hydrogens (tertiary/aromatic N) is 4. The molecule has 2 aromatic heterocycles. The van der Waals surface area contributed by atoms with Crippen LogP contribution in [0.5, 0.6) is 0 Å². The second kappa shape index (κ2) is 8.87. The van der Waals surface area contributed by atoms with Crippen LogP contribution in [0.3, 0.4) is 0 Å². The van der Waals surface area contributed by atoms with Gasteiger partial charge in [-0.2, -0.15) is 0 Å². The Morgan fingerprint density at radius 3 is 2.90 bits per heavy atom. The number of H-pyrrole nitrogens is 1. The minimum Gasteiger partial charge on any atom is -0.383 e.